The third-order valence-corrected chi connectivity index (χ3v) is 4.09. The molecule has 1 fully saturated rings. The smallest absolute Gasteiger partial charge is 0.307 e. The van der Waals surface area contributed by atoms with E-state index in [4.69, 9.17) is 0 Å². The van der Waals surface area contributed by atoms with Gasteiger partial charge in [-0.1, -0.05) is 11.3 Å². The van der Waals surface area contributed by atoms with Crippen LogP contribution in [-0.4, -0.2) is 35.6 Å². The lowest BCUT2D eigenvalue weighted by Gasteiger charge is -2.26. The molecule has 0 unspecified atom stereocenters. The number of nitrogens with one attached hydrogen (secondary N) is 1. The van der Waals surface area contributed by atoms with E-state index in [-0.39, 0.29) is 4.87 Å². The number of nitrogens with zero attached hydrogens (tertiary/aromatic N) is 2. The Morgan fingerprint density at radius 1 is 1.40 bits per heavy atom. The van der Waals surface area contributed by atoms with E-state index in [9.17, 15) is 4.79 Å². The Labute approximate surface area is 93.5 Å². The third kappa shape index (κ3) is 2.30. The Bertz CT molecular complexity index is 390. The Balaban J connectivity index is 2.09. The maximum atomic E-state index is 11.5. The number of piperazine rings is 1. The van der Waals surface area contributed by atoms with Gasteiger partial charge in [-0.2, -0.15) is 0 Å². The molecule has 1 aromatic heterocycles. The fraction of sp³-hybridized carbons (Fsp3) is 0.700. The molecule has 4 nitrogen and oxygen atoms in total. The standard InChI is InChI=1S/C10H17N3OS/c1-8-9(15-10(14)12(8)2)7-13-5-3-11-4-6-13/h11H,3-7H2,1-2H3. The van der Waals surface area contributed by atoms with Crippen LogP contribution in [0.15, 0.2) is 4.79 Å². The van der Waals surface area contributed by atoms with Crippen LogP contribution in [0, 0.1) is 6.92 Å². The van der Waals surface area contributed by atoms with E-state index in [1.54, 1.807) is 4.57 Å². The summed E-state index contributed by atoms with van der Waals surface area (Å²) in [5, 5.41) is 3.33. The number of rotatable bonds is 2. The van der Waals surface area contributed by atoms with Crippen LogP contribution in [0.5, 0.6) is 0 Å². The van der Waals surface area contributed by atoms with Crippen LogP contribution in [-0.2, 0) is 13.6 Å². The first-order valence-electron chi connectivity index (χ1n) is 5.27. The van der Waals surface area contributed by atoms with E-state index in [1.165, 1.54) is 16.2 Å². The molecule has 1 aromatic rings. The largest absolute Gasteiger partial charge is 0.314 e. The van der Waals surface area contributed by atoms with E-state index in [0.717, 1.165) is 38.4 Å². The second-order valence-corrected chi connectivity index (χ2v) is 5.01. The van der Waals surface area contributed by atoms with Gasteiger partial charge in [0.1, 0.15) is 0 Å². The Morgan fingerprint density at radius 3 is 2.60 bits per heavy atom. The molecule has 0 aromatic carbocycles. The molecule has 0 amide bonds. The van der Waals surface area contributed by atoms with Crippen LogP contribution >= 0.6 is 11.3 Å². The van der Waals surface area contributed by atoms with Gasteiger partial charge in [0, 0.05) is 50.3 Å². The van der Waals surface area contributed by atoms with Crippen molar-refractivity contribution in [3.05, 3.63) is 20.2 Å². The summed E-state index contributed by atoms with van der Waals surface area (Å²) in [4.78, 5) is 15.2. The van der Waals surface area contributed by atoms with Crippen molar-refractivity contribution in [2.24, 2.45) is 7.05 Å². The van der Waals surface area contributed by atoms with Gasteiger partial charge in [0.05, 0.1) is 0 Å². The van der Waals surface area contributed by atoms with Crippen molar-refractivity contribution >= 4 is 11.3 Å². The predicted octanol–water partition coefficient (Wildman–Crippen LogP) is 0.160. The maximum Gasteiger partial charge on any atom is 0.307 e. The lowest BCUT2D eigenvalue weighted by Crippen LogP contribution is -2.42. The molecule has 1 aliphatic heterocycles. The molecule has 0 bridgehead atoms. The topological polar surface area (TPSA) is 37.3 Å². The number of hydrogen-bond donors (Lipinski definition) is 1. The number of aromatic nitrogens is 1. The first-order valence-corrected chi connectivity index (χ1v) is 6.08. The van der Waals surface area contributed by atoms with E-state index < -0.39 is 0 Å². The molecule has 1 N–H and O–H groups in total. The van der Waals surface area contributed by atoms with Crippen LogP contribution in [0.25, 0.3) is 0 Å². The van der Waals surface area contributed by atoms with Gasteiger partial charge in [0.25, 0.3) is 0 Å². The summed E-state index contributed by atoms with van der Waals surface area (Å²) in [6, 6.07) is 0. The molecular formula is C10H17N3OS. The fourth-order valence-corrected chi connectivity index (χ4v) is 2.81. The average Bonchev–Trinajstić information content (AvgIpc) is 2.48. The monoisotopic (exact) mass is 227 g/mol. The fourth-order valence-electron chi connectivity index (χ4n) is 1.79. The molecule has 2 rings (SSSR count). The van der Waals surface area contributed by atoms with E-state index in [2.05, 4.69) is 10.2 Å². The SMILES string of the molecule is Cc1c(CN2CCNCC2)sc(=O)n1C. The molecule has 0 aliphatic carbocycles. The summed E-state index contributed by atoms with van der Waals surface area (Å²) in [6.07, 6.45) is 0. The average molecular weight is 227 g/mol. The van der Waals surface area contributed by atoms with Gasteiger partial charge in [0.15, 0.2) is 0 Å². The quantitative estimate of drug-likeness (QED) is 0.782. The summed E-state index contributed by atoms with van der Waals surface area (Å²) in [5.41, 5.74) is 1.11. The summed E-state index contributed by atoms with van der Waals surface area (Å²) >= 11 is 1.38. The van der Waals surface area contributed by atoms with E-state index in [0.29, 0.717) is 0 Å². The number of hydrogen-bond acceptors (Lipinski definition) is 4. The van der Waals surface area contributed by atoms with Crippen molar-refractivity contribution < 1.29 is 0 Å². The third-order valence-electron chi connectivity index (χ3n) is 2.97. The Morgan fingerprint density at radius 2 is 2.07 bits per heavy atom. The minimum absolute atomic E-state index is 0.151. The highest BCUT2D eigenvalue weighted by atomic mass is 32.1. The van der Waals surface area contributed by atoms with Gasteiger partial charge in [-0.25, -0.2) is 0 Å². The summed E-state index contributed by atoms with van der Waals surface area (Å²) in [6.45, 7) is 7.22. The van der Waals surface area contributed by atoms with Crippen molar-refractivity contribution in [1.29, 1.82) is 0 Å². The first kappa shape index (κ1) is 10.9. The summed E-state index contributed by atoms with van der Waals surface area (Å²) < 4.78 is 1.74. The molecule has 1 aliphatic rings. The van der Waals surface area contributed by atoms with Gasteiger partial charge in [-0.05, 0) is 6.92 Å². The molecule has 2 heterocycles. The summed E-state index contributed by atoms with van der Waals surface area (Å²) in [5.74, 6) is 0. The van der Waals surface area contributed by atoms with Crippen LogP contribution in [0.4, 0.5) is 0 Å². The minimum atomic E-state index is 0.151. The van der Waals surface area contributed by atoms with Crippen LogP contribution < -0.4 is 10.2 Å². The van der Waals surface area contributed by atoms with Crippen molar-refractivity contribution in [3.63, 3.8) is 0 Å². The number of thiazole rings is 1. The van der Waals surface area contributed by atoms with E-state index in [1.807, 2.05) is 14.0 Å². The highest BCUT2D eigenvalue weighted by Crippen LogP contribution is 2.13. The molecule has 0 radical (unpaired) electrons. The van der Waals surface area contributed by atoms with Gasteiger partial charge >= 0.3 is 4.87 Å². The zero-order valence-corrected chi connectivity index (χ0v) is 10.1. The van der Waals surface area contributed by atoms with E-state index >= 15 is 0 Å². The van der Waals surface area contributed by atoms with Gasteiger partial charge in [-0.3, -0.25) is 9.69 Å². The molecule has 15 heavy (non-hydrogen) atoms. The first-order chi connectivity index (χ1) is 7.18. The highest BCUT2D eigenvalue weighted by molar-refractivity contribution is 7.09. The van der Waals surface area contributed by atoms with Crippen molar-refractivity contribution in [3.8, 4) is 0 Å². The Kier molecular flexibility index (Phi) is 3.23. The second kappa shape index (κ2) is 4.47. The van der Waals surface area contributed by atoms with Crippen LogP contribution in [0.1, 0.15) is 10.6 Å². The molecule has 0 atom stereocenters. The molecule has 5 heteroatoms. The van der Waals surface area contributed by atoms with Gasteiger partial charge < -0.3 is 9.88 Å². The normalized spacial score (nSPS) is 18.3. The van der Waals surface area contributed by atoms with Gasteiger partial charge in [-0.15, -0.1) is 0 Å². The second-order valence-electron chi connectivity index (χ2n) is 3.96. The minimum Gasteiger partial charge on any atom is -0.314 e. The molecular weight excluding hydrogens is 210 g/mol. The van der Waals surface area contributed by atoms with Crippen molar-refractivity contribution in [2.45, 2.75) is 13.5 Å². The molecule has 1 saturated heterocycles. The lowest BCUT2D eigenvalue weighted by molar-refractivity contribution is 0.234. The van der Waals surface area contributed by atoms with Gasteiger partial charge in [0.2, 0.25) is 0 Å². The summed E-state index contributed by atoms with van der Waals surface area (Å²) in [7, 11) is 1.84. The van der Waals surface area contributed by atoms with Crippen LogP contribution in [0.3, 0.4) is 0 Å². The van der Waals surface area contributed by atoms with Crippen molar-refractivity contribution in [2.75, 3.05) is 26.2 Å². The van der Waals surface area contributed by atoms with Crippen molar-refractivity contribution in [1.82, 2.24) is 14.8 Å². The molecule has 84 valence electrons. The zero-order valence-electron chi connectivity index (χ0n) is 9.25. The zero-order chi connectivity index (χ0) is 10.8. The van der Waals surface area contributed by atoms with Crippen LogP contribution in [0.2, 0.25) is 0 Å². The molecule has 0 spiro atoms. The lowest BCUT2D eigenvalue weighted by atomic mass is 10.3. The Hall–Kier alpha value is -0.650. The predicted molar refractivity (Wildman–Crippen MR) is 62.4 cm³/mol. The highest BCUT2D eigenvalue weighted by Gasteiger charge is 2.14. The maximum absolute atomic E-state index is 11.5. The molecule has 0 saturated carbocycles.